The summed E-state index contributed by atoms with van der Waals surface area (Å²) < 4.78 is 0. The van der Waals surface area contributed by atoms with E-state index in [9.17, 15) is 4.79 Å². The minimum absolute atomic E-state index is 0.0775. The van der Waals surface area contributed by atoms with Crippen molar-refractivity contribution in [2.24, 2.45) is 0 Å². The maximum atomic E-state index is 12.1. The predicted octanol–water partition coefficient (Wildman–Crippen LogP) is 2.55. The maximum Gasteiger partial charge on any atom is 0.170 e. The third kappa shape index (κ3) is 2.69. The van der Waals surface area contributed by atoms with Crippen LogP contribution in [0.2, 0.25) is 0 Å². The average molecular weight is 226 g/mol. The van der Waals surface area contributed by atoms with Crippen molar-refractivity contribution in [2.75, 3.05) is 12.4 Å². The van der Waals surface area contributed by atoms with Gasteiger partial charge >= 0.3 is 0 Å². The van der Waals surface area contributed by atoms with Gasteiger partial charge in [0.15, 0.2) is 5.78 Å². The highest BCUT2D eigenvalue weighted by atomic mass is 16.1. The van der Waals surface area contributed by atoms with Gasteiger partial charge in [0.2, 0.25) is 0 Å². The third-order valence-electron chi connectivity index (χ3n) is 2.56. The summed E-state index contributed by atoms with van der Waals surface area (Å²) in [4.78, 5) is 16.3. The molecule has 0 amide bonds. The van der Waals surface area contributed by atoms with Gasteiger partial charge in [0.05, 0.1) is 6.42 Å². The number of ketones is 1. The number of pyridine rings is 1. The molecule has 17 heavy (non-hydrogen) atoms. The molecule has 2 aromatic rings. The predicted molar refractivity (Wildman–Crippen MR) is 68.3 cm³/mol. The monoisotopic (exact) mass is 226 g/mol. The van der Waals surface area contributed by atoms with Crippen LogP contribution in [-0.2, 0) is 6.42 Å². The van der Waals surface area contributed by atoms with Crippen LogP contribution in [0.25, 0.3) is 0 Å². The highest BCUT2D eigenvalue weighted by molar-refractivity contribution is 6.02. The fourth-order valence-corrected chi connectivity index (χ4v) is 1.71. The van der Waals surface area contributed by atoms with E-state index in [1.807, 2.05) is 49.5 Å². The van der Waals surface area contributed by atoms with E-state index in [1.54, 1.807) is 6.20 Å². The van der Waals surface area contributed by atoms with Crippen LogP contribution in [0.4, 0.5) is 5.69 Å². The van der Waals surface area contributed by atoms with Crippen molar-refractivity contribution in [3.05, 3.63) is 59.9 Å². The van der Waals surface area contributed by atoms with E-state index in [-0.39, 0.29) is 5.78 Å². The Morgan fingerprint density at radius 3 is 2.65 bits per heavy atom. The number of carbonyl (C=O) groups excluding carboxylic acids is 1. The zero-order valence-corrected chi connectivity index (χ0v) is 9.68. The van der Waals surface area contributed by atoms with E-state index in [1.165, 1.54) is 0 Å². The van der Waals surface area contributed by atoms with E-state index >= 15 is 0 Å². The SMILES string of the molecule is CNc1ccccc1C(=O)Cc1ccccn1. The van der Waals surface area contributed by atoms with E-state index in [2.05, 4.69) is 10.3 Å². The van der Waals surface area contributed by atoms with Gasteiger partial charge in [-0.05, 0) is 24.3 Å². The summed E-state index contributed by atoms with van der Waals surface area (Å²) in [6, 6.07) is 13.1. The van der Waals surface area contributed by atoms with Gasteiger partial charge in [-0.3, -0.25) is 9.78 Å². The number of rotatable bonds is 4. The van der Waals surface area contributed by atoms with E-state index in [0.29, 0.717) is 12.0 Å². The Bertz CT molecular complexity index is 509. The zero-order valence-electron chi connectivity index (χ0n) is 9.68. The smallest absolute Gasteiger partial charge is 0.170 e. The number of hydrogen-bond donors (Lipinski definition) is 1. The van der Waals surface area contributed by atoms with Crippen LogP contribution in [0.5, 0.6) is 0 Å². The summed E-state index contributed by atoms with van der Waals surface area (Å²) in [5.41, 5.74) is 2.36. The molecule has 0 aliphatic heterocycles. The van der Waals surface area contributed by atoms with Crippen molar-refractivity contribution in [2.45, 2.75) is 6.42 Å². The number of para-hydroxylation sites is 1. The van der Waals surface area contributed by atoms with E-state index < -0.39 is 0 Å². The van der Waals surface area contributed by atoms with Crippen LogP contribution in [-0.4, -0.2) is 17.8 Å². The standard InChI is InChI=1S/C14H14N2O/c1-15-13-8-3-2-7-12(13)14(17)10-11-6-4-5-9-16-11/h2-9,15H,10H2,1H3. The molecule has 0 aliphatic carbocycles. The Morgan fingerprint density at radius 1 is 1.18 bits per heavy atom. The van der Waals surface area contributed by atoms with Crippen molar-refractivity contribution < 1.29 is 4.79 Å². The fraction of sp³-hybridized carbons (Fsp3) is 0.143. The van der Waals surface area contributed by atoms with Gasteiger partial charge in [-0.15, -0.1) is 0 Å². The molecule has 86 valence electrons. The summed E-state index contributed by atoms with van der Waals surface area (Å²) in [6.45, 7) is 0. The third-order valence-corrected chi connectivity index (χ3v) is 2.56. The lowest BCUT2D eigenvalue weighted by Crippen LogP contribution is -2.07. The molecule has 0 bridgehead atoms. The number of Topliss-reactive ketones (excluding diaryl/α,β-unsaturated/α-hetero) is 1. The van der Waals surface area contributed by atoms with Gasteiger partial charge in [0.25, 0.3) is 0 Å². The summed E-state index contributed by atoms with van der Waals surface area (Å²) in [5.74, 6) is 0.0775. The van der Waals surface area contributed by atoms with Crippen LogP contribution < -0.4 is 5.32 Å². The van der Waals surface area contributed by atoms with Crippen LogP contribution in [0.1, 0.15) is 16.1 Å². The molecule has 0 radical (unpaired) electrons. The van der Waals surface area contributed by atoms with Crippen LogP contribution >= 0.6 is 0 Å². The lowest BCUT2D eigenvalue weighted by Gasteiger charge is -2.07. The molecule has 0 aliphatic rings. The van der Waals surface area contributed by atoms with Crippen LogP contribution in [0, 0.1) is 0 Å². The highest BCUT2D eigenvalue weighted by Crippen LogP contribution is 2.16. The fourth-order valence-electron chi connectivity index (χ4n) is 1.71. The van der Waals surface area contributed by atoms with Gasteiger partial charge in [-0.2, -0.15) is 0 Å². The number of anilines is 1. The normalized spacial score (nSPS) is 9.94. The first-order valence-electron chi connectivity index (χ1n) is 5.51. The Kier molecular flexibility index (Phi) is 3.50. The number of hydrogen-bond acceptors (Lipinski definition) is 3. The number of carbonyl (C=O) groups is 1. The highest BCUT2D eigenvalue weighted by Gasteiger charge is 2.10. The van der Waals surface area contributed by atoms with Crippen LogP contribution in [0.15, 0.2) is 48.7 Å². The van der Waals surface area contributed by atoms with E-state index in [4.69, 9.17) is 0 Å². The van der Waals surface area contributed by atoms with Gasteiger partial charge in [-0.25, -0.2) is 0 Å². The molecule has 1 heterocycles. The van der Waals surface area contributed by atoms with Gasteiger partial charge in [0, 0.05) is 30.2 Å². The van der Waals surface area contributed by atoms with Crippen LogP contribution in [0.3, 0.4) is 0 Å². The molecule has 1 aromatic carbocycles. The number of aromatic nitrogens is 1. The zero-order chi connectivity index (χ0) is 12.1. The molecule has 0 saturated heterocycles. The first-order chi connectivity index (χ1) is 8.31. The number of nitrogens with one attached hydrogen (secondary N) is 1. The summed E-state index contributed by atoms with van der Waals surface area (Å²) in [6.07, 6.45) is 2.03. The first-order valence-corrected chi connectivity index (χ1v) is 5.51. The second-order valence-corrected chi connectivity index (χ2v) is 3.72. The molecule has 3 nitrogen and oxygen atoms in total. The molecular weight excluding hydrogens is 212 g/mol. The largest absolute Gasteiger partial charge is 0.388 e. The lowest BCUT2D eigenvalue weighted by atomic mass is 10.0. The second kappa shape index (κ2) is 5.25. The molecule has 0 saturated carbocycles. The second-order valence-electron chi connectivity index (χ2n) is 3.72. The minimum Gasteiger partial charge on any atom is -0.388 e. The Balaban J connectivity index is 2.20. The molecule has 2 rings (SSSR count). The van der Waals surface area contributed by atoms with E-state index in [0.717, 1.165) is 11.4 Å². The van der Waals surface area contributed by atoms with Crippen molar-refractivity contribution in [3.8, 4) is 0 Å². The maximum absolute atomic E-state index is 12.1. The molecule has 0 fully saturated rings. The number of benzene rings is 1. The molecule has 0 atom stereocenters. The summed E-state index contributed by atoms with van der Waals surface area (Å²) in [7, 11) is 1.81. The quantitative estimate of drug-likeness (QED) is 0.815. The number of nitrogens with zero attached hydrogens (tertiary/aromatic N) is 1. The van der Waals surface area contributed by atoms with Gasteiger partial charge < -0.3 is 5.32 Å². The van der Waals surface area contributed by atoms with Crippen molar-refractivity contribution in [1.82, 2.24) is 4.98 Å². The van der Waals surface area contributed by atoms with Crippen molar-refractivity contribution in [3.63, 3.8) is 0 Å². The van der Waals surface area contributed by atoms with Crippen molar-refractivity contribution in [1.29, 1.82) is 0 Å². The molecular formula is C14H14N2O. The summed E-state index contributed by atoms with van der Waals surface area (Å²) in [5, 5.41) is 3.02. The molecule has 0 unspecified atom stereocenters. The van der Waals surface area contributed by atoms with Gasteiger partial charge in [-0.1, -0.05) is 18.2 Å². The Morgan fingerprint density at radius 2 is 1.94 bits per heavy atom. The Hall–Kier alpha value is -2.16. The summed E-state index contributed by atoms with van der Waals surface area (Å²) >= 11 is 0. The molecule has 1 aromatic heterocycles. The van der Waals surface area contributed by atoms with Crippen molar-refractivity contribution >= 4 is 11.5 Å². The average Bonchev–Trinajstić information content (AvgIpc) is 2.40. The molecule has 3 heteroatoms. The topological polar surface area (TPSA) is 42.0 Å². The molecule has 0 spiro atoms. The van der Waals surface area contributed by atoms with Gasteiger partial charge in [0.1, 0.15) is 0 Å². The minimum atomic E-state index is 0.0775. The molecule has 1 N–H and O–H groups in total. The lowest BCUT2D eigenvalue weighted by molar-refractivity contribution is 0.0992. The first kappa shape index (κ1) is 11.3. The Labute approximate surface area is 101 Å².